The zero-order valence-corrected chi connectivity index (χ0v) is 14.3. The highest BCUT2D eigenvalue weighted by molar-refractivity contribution is 5.80. The van der Waals surface area contributed by atoms with E-state index >= 15 is 0 Å². The molecule has 0 aliphatic rings. The maximum Gasteiger partial charge on any atom is 0.203 e. The minimum Gasteiger partial charge on any atom is -0.493 e. The molecule has 8 nitrogen and oxygen atoms in total. The Morgan fingerprint density at radius 2 is 1.84 bits per heavy atom. The highest BCUT2D eigenvalue weighted by Gasteiger charge is 2.17. The summed E-state index contributed by atoms with van der Waals surface area (Å²) in [6.45, 7) is 0.461. The summed E-state index contributed by atoms with van der Waals surface area (Å²) in [5.41, 5.74) is 2.35. The van der Waals surface area contributed by atoms with Crippen molar-refractivity contribution in [1.29, 1.82) is 0 Å². The fourth-order valence-electron chi connectivity index (χ4n) is 2.59. The van der Waals surface area contributed by atoms with Gasteiger partial charge in [0.15, 0.2) is 17.1 Å². The molecule has 0 unspecified atom stereocenters. The molecule has 3 aromatic rings. The summed E-state index contributed by atoms with van der Waals surface area (Å²) in [7, 11) is 4.72. The Morgan fingerprint density at radius 1 is 1.12 bits per heavy atom. The van der Waals surface area contributed by atoms with Crippen LogP contribution >= 0.6 is 0 Å². The molecule has 2 heterocycles. The second-order valence-electron chi connectivity index (χ2n) is 5.20. The number of nitrogens with one attached hydrogen (secondary N) is 1. The van der Waals surface area contributed by atoms with Gasteiger partial charge in [-0.25, -0.2) is 9.50 Å². The van der Waals surface area contributed by atoms with Crippen molar-refractivity contribution in [2.45, 2.75) is 0 Å². The van der Waals surface area contributed by atoms with Crippen molar-refractivity contribution in [3.05, 3.63) is 30.6 Å². The van der Waals surface area contributed by atoms with Gasteiger partial charge in [-0.2, -0.15) is 5.10 Å². The largest absolute Gasteiger partial charge is 0.493 e. The smallest absolute Gasteiger partial charge is 0.203 e. The first-order valence-electron chi connectivity index (χ1n) is 7.71. The normalized spacial score (nSPS) is 10.7. The second-order valence-corrected chi connectivity index (χ2v) is 5.20. The molecule has 0 aliphatic heterocycles. The molecule has 0 atom stereocenters. The third kappa shape index (κ3) is 3.16. The van der Waals surface area contributed by atoms with Crippen molar-refractivity contribution in [3.63, 3.8) is 0 Å². The van der Waals surface area contributed by atoms with Gasteiger partial charge < -0.3 is 24.6 Å². The number of aliphatic hydroxyl groups excluding tert-OH is 1. The van der Waals surface area contributed by atoms with Crippen molar-refractivity contribution >= 4 is 11.5 Å². The summed E-state index contributed by atoms with van der Waals surface area (Å²) < 4.78 is 17.9. The van der Waals surface area contributed by atoms with E-state index in [0.29, 0.717) is 35.3 Å². The van der Waals surface area contributed by atoms with Gasteiger partial charge in [-0.05, 0) is 23.8 Å². The highest BCUT2D eigenvalue weighted by Crippen LogP contribution is 2.41. The van der Waals surface area contributed by atoms with E-state index in [9.17, 15) is 0 Å². The number of benzene rings is 1. The average molecular weight is 344 g/mol. The Balaban J connectivity index is 2.12. The zero-order chi connectivity index (χ0) is 17.8. The van der Waals surface area contributed by atoms with E-state index in [-0.39, 0.29) is 6.61 Å². The van der Waals surface area contributed by atoms with Crippen LogP contribution < -0.4 is 19.5 Å². The van der Waals surface area contributed by atoms with Gasteiger partial charge in [-0.1, -0.05) is 0 Å². The molecule has 8 heteroatoms. The number of rotatable bonds is 7. The first kappa shape index (κ1) is 16.8. The Kier molecular flexibility index (Phi) is 4.90. The number of nitrogens with zero attached hydrogens (tertiary/aromatic N) is 3. The Labute approximate surface area is 145 Å². The predicted molar refractivity (Wildman–Crippen MR) is 93.7 cm³/mol. The van der Waals surface area contributed by atoms with Crippen molar-refractivity contribution in [3.8, 4) is 28.4 Å². The molecule has 2 aromatic heterocycles. The van der Waals surface area contributed by atoms with Crippen molar-refractivity contribution in [1.82, 2.24) is 14.6 Å². The van der Waals surface area contributed by atoms with Gasteiger partial charge in [0.2, 0.25) is 5.75 Å². The van der Waals surface area contributed by atoms with Crippen LogP contribution in [0.1, 0.15) is 0 Å². The Hall–Kier alpha value is -3.00. The van der Waals surface area contributed by atoms with Gasteiger partial charge in [0, 0.05) is 18.3 Å². The maximum absolute atomic E-state index is 8.95. The van der Waals surface area contributed by atoms with E-state index in [1.807, 2.05) is 18.3 Å². The Bertz CT molecular complexity index is 853. The number of fused-ring (bicyclic) bond motifs is 1. The zero-order valence-electron chi connectivity index (χ0n) is 14.3. The molecule has 0 amide bonds. The minimum absolute atomic E-state index is 0.0336. The van der Waals surface area contributed by atoms with Crippen LogP contribution in [-0.2, 0) is 0 Å². The summed E-state index contributed by atoms with van der Waals surface area (Å²) in [5, 5.41) is 16.3. The molecule has 0 spiro atoms. The lowest BCUT2D eigenvalue weighted by Crippen LogP contribution is -2.07. The monoisotopic (exact) mass is 344 g/mol. The first-order valence-corrected chi connectivity index (χ1v) is 7.71. The summed E-state index contributed by atoms with van der Waals surface area (Å²) in [5.74, 6) is 2.32. The fraction of sp³-hybridized carbons (Fsp3) is 0.294. The van der Waals surface area contributed by atoms with Crippen molar-refractivity contribution in [2.75, 3.05) is 39.8 Å². The average Bonchev–Trinajstić information content (AvgIpc) is 3.08. The van der Waals surface area contributed by atoms with Crippen molar-refractivity contribution in [2.24, 2.45) is 0 Å². The summed E-state index contributed by atoms with van der Waals surface area (Å²) in [4.78, 5) is 4.57. The number of methoxy groups -OCH3 is 3. The molecule has 1 aromatic carbocycles. The lowest BCUT2D eigenvalue weighted by molar-refractivity contribution is 0.311. The summed E-state index contributed by atoms with van der Waals surface area (Å²) >= 11 is 0. The van der Waals surface area contributed by atoms with E-state index in [0.717, 1.165) is 11.1 Å². The molecule has 3 rings (SSSR count). The molecule has 0 saturated carbocycles. The van der Waals surface area contributed by atoms with Crippen molar-refractivity contribution < 1.29 is 19.3 Å². The minimum atomic E-state index is 0.0336. The van der Waals surface area contributed by atoms with Gasteiger partial charge in [-0.15, -0.1) is 0 Å². The van der Waals surface area contributed by atoms with Crippen LogP contribution in [0.15, 0.2) is 30.6 Å². The highest BCUT2D eigenvalue weighted by atomic mass is 16.5. The molecular weight excluding hydrogens is 324 g/mol. The number of hydrogen-bond acceptors (Lipinski definition) is 7. The molecule has 0 saturated heterocycles. The van der Waals surface area contributed by atoms with E-state index in [4.69, 9.17) is 19.3 Å². The van der Waals surface area contributed by atoms with Crippen LogP contribution in [0.2, 0.25) is 0 Å². The summed E-state index contributed by atoms with van der Waals surface area (Å²) in [6, 6.07) is 5.51. The van der Waals surface area contributed by atoms with Gasteiger partial charge in [0.25, 0.3) is 0 Å². The Morgan fingerprint density at radius 3 is 2.44 bits per heavy atom. The lowest BCUT2D eigenvalue weighted by Gasteiger charge is -2.13. The first-order chi connectivity index (χ1) is 12.2. The molecule has 25 heavy (non-hydrogen) atoms. The third-order valence-electron chi connectivity index (χ3n) is 3.76. The topological polar surface area (TPSA) is 90.1 Å². The molecule has 2 N–H and O–H groups in total. The van der Waals surface area contributed by atoms with Gasteiger partial charge in [0.1, 0.15) is 5.82 Å². The van der Waals surface area contributed by atoms with E-state index in [1.54, 1.807) is 38.1 Å². The van der Waals surface area contributed by atoms with Gasteiger partial charge >= 0.3 is 0 Å². The molecule has 132 valence electrons. The third-order valence-corrected chi connectivity index (χ3v) is 3.76. The standard InChI is InChI=1S/C17H20N4O4/c1-23-13-8-11(9-14(24-2)16(13)25-3)12-10-19-21-6-4-15(18-5-7-22)20-17(12)21/h4,6,8-10,22H,5,7H2,1-3H3,(H,18,20). The number of ether oxygens (including phenoxy) is 3. The van der Waals surface area contributed by atoms with Crippen LogP contribution in [0.4, 0.5) is 5.82 Å². The number of hydrogen-bond donors (Lipinski definition) is 2. The SMILES string of the molecule is COc1cc(-c2cnn3ccc(NCCO)nc23)cc(OC)c1OC. The summed E-state index contributed by atoms with van der Waals surface area (Å²) in [6.07, 6.45) is 3.54. The number of anilines is 1. The van der Waals surface area contributed by atoms with Crippen LogP contribution in [0.25, 0.3) is 16.8 Å². The molecule has 0 radical (unpaired) electrons. The number of aromatic nitrogens is 3. The van der Waals surface area contributed by atoms with Crippen LogP contribution in [-0.4, -0.2) is 54.2 Å². The van der Waals surface area contributed by atoms with Crippen LogP contribution in [0.5, 0.6) is 17.2 Å². The predicted octanol–water partition coefficient (Wildman–Crippen LogP) is 1.83. The van der Waals surface area contributed by atoms with E-state index in [1.165, 1.54) is 0 Å². The van der Waals surface area contributed by atoms with Gasteiger partial charge in [-0.3, -0.25) is 0 Å². The second kappa shape index (κ2) is 7.27. The molecule has 0 aliphatic carbocycles. The molecule has 0 fully saturated rings. The van der Waals surface area contributed by atoms with E-state index in [2.05, 4.69) is 15.4 Å². The van der Waals surface area contributed by atoms with Crippen LogP contribution in [0.3, 0.4) is 0 Å². The number of aliphatic hydroxyl groups is 1. The molecule has 0 bridgehead atoms. The molecular formula is C17H20N4O4. The maximum atomic E-state index is 8.95. The quantitative estimate of drug-likeness (QED) is 0.676. The van der Waals surface area contributed by atoms with Gasteiger partial charge in [0.05, 0.1) is 34.1 Å². The van der Waals surface area contributed by atoms with E-state index < -0.39 is 0 Å². The lowest BCUT2D eigenvalue weighted by atomic mass is 10.1. The van der Waals surface area contributed by atoms with Crippen LogP contribution in [0, 0.1) is 0 Å². The fourth-order valence-corrected chi connectivity index (χ4v) is 2.59.